The molecule has 0 fully saturated rings. The number of hydrogen-bond acceptors (Lipinski definition) is 5. The van der Waals surface area contributed by atoms with Gasteiger partial charge >= 0.3 is 11.9 Å². The van der Waals surface area contributed by atoms with Gasteiger partial charge in [-0.25, -0.2) is 0 Å². The molecule has 0 aliphatic rings. The number of carbonyl (C=O) groups is 3. The van der Waals surface area contributed by atoms with Crippen LogP contribution in [0.2, 0.25) is 0 Å². The molecule has 0 unspecified atom stereocenters. The minimum Gasteiger partial charge on any atom is -0.468 e. The van der Waals surface area contributed by atoms with Crippen LogP contribution < -0.4 is 0 Å². The van der Waals surface area contributed by atoms with E-state index in [9.17, 15) is 14.4 Å². The topological polar surface area (TPSA) is 72.9 Å². The fraction of sp³-hybridized carbons (Fsp3) is 0.357. The number of methoxy groups -OCH3 is 2. The van der Waals surface area contributed by atoms with Gasteiger partial charge in [0.25, 0.3) is 5.91 Å². The summed E-state index contributed by atoms with van der Waals surface area (Å²) in [6.45, 7) is 1.19. The number of ether oxygens (including phenoxy) is 2. The van der Waals surface area contributed by atoms with Gasteiger partial charge in [0, 0.05) is 10.0 Å². The van der Waals surface area contributed by atoms with Crippen LogP contribution in [-0.2, 0) is 19.1 Å². The summed E-state index contributed by atoms with van der Waals surface area (Å²) in [5.74, 6) is -1.67. The summed E-state index contributed by atoms with van der Waals surface area (Å²) in [6, 6.07) is 5.15. The monoisotopic (exact) mass is 357 g/mol. The van der Waals surface area contributed by atoms with Crippen LogP contribution in [0.1, 0.15) is 15.9 Å². The predicted molar refractivity (Wildman–Crippen MR) is 78.8 cm³/mol. The van der Waals surface area contributed by atoms with Gasteiger partial charge in [-0.15, -0.1) is 0 Å². The van der Waals surface area contributed by atoms with E-state index < -0.39 is 17.8 Å². The third kappa shape index (κ3) is 5.18. The van der Waals surface area contributed by atoms with Gasteiger partial charge in [-0.3, -0.25) is 14.4 Å². The Balaban J connectivity index is 3.02. The van der Waals surface area contributed by atoms with Crippen LogP contribution in [0, 0.1) is 6.92 Å². The van der Waals surface area contributed by atoms with Gasteiger partial charge < -0.3 is 14.4 Å². The highest BCUT2D eigenvalue weighted by atomic mass is 79.9. The van der Waals surface area contributed by atoms with Crippen LogP contribution in [0.15, 0.2) is 22.7 Å². The quantitative estimate of drug-likeness (QED) is 0.747. The van der Waals surface area contributed by atoms with Crippen molar-refractivity contribution >= 4 is 33.8 Å². The molecule has 0 heterocycles. The second-order valence-corrected chi connectivity index (χ2v) is 5.25. The Kier molecular flexibility index (Phi) is 6.36. The molecule has 0 atom stereocenters. The van der Waals surface area contributed by atoms with Crippen molar-refractivity contribution in [1.29, 1.82) is 0 Å². The first kappa shape index (κ1) is 17.2. The summed E-state index contributed by atoms with van der Waals surface area (Å²) < 4.78 is 9.81. The highest BCUT2D eigenvalue weighted by molar-refractivity contribution is 9.10. The minimum absolute atomic E-state index is 0.323. The van der Waals surface area contributed by atoms with Crippen molar-refractivity contribution in [2.45, 2.75) is 6.92 Å². The average molecular weight is 358 g/mol. The molecule has 0 N–H and O–H groups in total. The Morgan fingerprint density at radius 1 is 1.05 bits per heavy atom. The van der Waals surface area contributed by atoms with Gasteiger partial charge in [0.15, 0.2) is 0 Å². The van der Waals surface area contributed by atoms with E-state index in [0.717, 1.165) is 14.9 Å². The van der Waals surface area contributed by atoms with Crippen LogP contribution in [0.25, 0.3) is 0 Å². The molecule has 0 aliphatic carbocycles. The third-order valence-corrected chi connectivity index (χ3v) is 3.13. The van der Waals surface area contributed by atoms with Crippen LogP contribution >= 0.6 is 15.9 Å². The summed E-state index contributed by atoms with van der Waals surface area (Å²) in [5.41, 5.74) is 1.25. The highest BCUT2D eigenvalue weighted by Crippen LogP contribution is 2.17. The molecule has 6 nitrogen and oxygen atoms in total. The summed E-state index contributed by atoms with van der Waals surface area (Å²) in [5, 5.41) is 0. The van der Waals surface area contributed by atoms with E-state index >= 15 is 0 Å². The number of carbonyl (C=O) groups excluding carboxylic acids is 3. The molecule has 1 amide bonds. The molecule has 0 saturated heterocycles. The molecule has 21 heavy (non-hydrogen) atoms. The minimum atomic E-state index is -0.612. The molecule has 1 aromatic carbocycles. The summed E-state index contributed by atoms with van der Waals surface area (Å²) in [4.78, 5) is 36.3. The number of hydrogen-bond donors (Lipinski definition) is 0. The van der Waals surface area contributed by atoms with E-state index in [2.05, 4.69) is 25.4 Å². The number of rotatable bonds is 5. The zero-order valence-corrected chi connectivity index (χ0v) is 13.6. The second kappa shape index (κ2) is 7.78. The molecule has 1 rings (SSSR count). The van der Waals surface area contributed by atoms with Crippen LogP contribution in [0.5, 0.6) is 0 Å². The third-order valence-electron chi connectivity index (χ3n) is 2.67. The second-order valence-electron chi connectivity index (χ2n) is 4.33. The van der Waals surface area contributed by atoms with Gasteiger partial charge in [-0.05, 0) is 30.7 Å². The molecule has 0 aromatic heterocycles. The van der Waals surface area contributed by atoms with Gasteiger partial charge in [0.05, 0.1) is 14.2 Å². The Hall–Kier alpha value is -1.89. The highest BCUT2D eigenvalue weighted by Gasteiger charge is 2.22. The standard InChI is InChI=1S/C14H16BrNO5/c1-9-4-10(6-11(15)5-9)14(19)16(7-12(17)20-2)8-13(18)21-3/h4-6H,7-8H2,1-3H3. The smallest absolute Gasteiger partial charge is 0.325 e. The molecule has 0 saturated carbocycles. The average Bonchev–Trinajstić information content (AvgIpc) is 2.44. The van der Waals surface area contributed by atoms with E-state index in [-0.39, 0.29) is 13.1 Å². The van der Waals surface area contributed by atoms with E-state index in [0.29, 0.717) is 5.56 Å². The molecular weight excluding hydrogens is 342 g/mol. The Labute approximate surface area is 131 Å². The van der Waals surface area contributed by atoms with Crippen molar-refractivity contribution < 1.29 is 23.9 Å². The summed E-state index contributed by atoms with van der Waals surface area (Å²) >= 11 is 3.31. The number of amides is 1. The normalized spacial score (nSPS) is 9.90. The lowest BCUT2D eigenvalue weighted by molar-refractivity contribution is -0.144. The van der Waals surface area contributed by atoms with E-state index in [4.69, 9.17) is 0 Å². The molecule has 0 radical (unpaired) electrons. The molecule has 1 aromatic rings. The maximum absolute atomic E-state index is 12.4. The van der Waals surface area contributed by atoms with Crippen LogP contribution in [0.3, 0.4) is 0 Å². The SMILES string of the molecule is COC(=O)CN(CC(=O)OC)C(=O)c1cc(C)cc(Br)c1. The first-order valence-corrected chi connectivity index (χ1v) is 6.86. The largest absolute Gasteiger partial charge is 0.468 e. The Bertz CT molecular complexity index is 520. The van der Waals surface area contributed by atoms with E-state index in [1.165, 1.54) is 14.2 Å². The van der Waals surface area contributed by atoms with Gasteiger partial charge in [-0.2, -0.15) is 0 Å². The van der Waals surface area contributed by atoms with Crippen molar-refractivity contribution in [1.82, 2.24) is 4.90 Å². The maximum Gasteiger partial charge on any atom is 0.325 e. The molecule has 0 spiro atoms. The first-order chi connectivity index (χ1) is 9.87. The van der Waals surface area contributed by atoms with Crippen LogP contribution in [0.4, 0.5) is 0 Å². The zero-order chi connectivity index (χ0) is 16.0. The van der Waals surface area contributed by atoms with Gasteiger partial charge in [0.1, 0.15) is 13.1 Å². The van der Waals surface area contributed by atoms with Crippen molar-refractivity contribution in [3.8, 4) is 0 Å². The van der Waals surface area contributed by atoms with Crippen molar-refractivity contribution in [2.75, 3.05) is 27.3 Å². The molecule has 0 bridgehead atoms. The number of benzene rings is 1. The fourth-order valence-electron chi connectivity index (χ4n) is 1.68. The lowest BCUT2D eigenvalue weighted by Gasteiger charge is -2.20. The predicted octanol–water partition coefficient (Wildman–Crippen LogP) is 1.55. The molecule has 114 valence electrons. The van der Waals surface area contributed by atoms with Crippen LogP contribution in [-0.4, -0.2) is 50.1 Å². The number of aryl methyl sites for hydroxylation is 1. The number of esters is 2. The lowest BCUT2D eigenvalue weighted by atomic mass is 10.1. The van der Waals surface area contributed by atoms with Gasteiger partial charge in [-0.1, -0.05) is 15.9 Å². The van der Waals surface area contributed by atoms with Crippen molar-refractivity contribution in [3.05, 3.63) is 33.8 Å². The van der Waals surface area contributed by atoms with Gasteiger partial charge in [0.2, 0.25) is 0 Å². The summed E-state index contributed by atoms with van der Waals surface area (Å²) in [7, 11) is 2.43. The zero-order valence-electron chi connectivity index (χ0n) is 12.0. The number of halogens is 1. The molecule has 7 heteroatoms. The lowest BCUT2D eigenvalue weighted by Crippen LogP contribution is -2.40. The van der Waals surface area contributed by atoms with Crippen molar-refractivity contribution in [3.63, 3.8) is 0 Å². The first-order valence-electron chi connectivity index (χ1n) is 6.07. The van der Waals surface area contributed by atoms with Crippen molar-refractivity contribution in [2.24, 2.45) is 0 Å². The molecule has 0 aliphatic heterocycles. The summed E-state index contributed by atoms with van der Waals surface area (Å²) in [6.07, 6.45) is 0. The molecular formula is C14H16BrNO5. The Morgan fingerprint density at radius 3 is 2.00 bits per heavy atom. The number of nitrogens with zero attached hydrogens (tertiary/aromatic N) is 1. The Morgan fingerprint density at radius 2 is 1.57 bits per heavy atom. The van der Waals surface area contributed by atoms with E-state index in [1.54, 1.807) is 12.1 Å². The fourth-order valence-corrected chi connectivity index (χ4v) is 2.29. The maximum atomic E-state index is 12.4. The van der Waals surface area contributed by atoms with E-state index in [1.807, 2.05) is 13.0 Å².